The van der Waals surface area contributed by atoms with Gasteiger partial charge in [-0.15, -0.1) is 0 Å². The van der Waals surface area contributed by atoms with Crippen LogP contribution in [0.15, 0.2) is 66.7 Å². The highest BCUT2D eigenvalue weighted by atomic mass is 16.2. The number of carbonyl (C=O) groups is 1. The summed E-state index contributed by atoms with van der Waals surface area (Å²) in [6.07, 6.45) is 0. The highest BCUT2D eigenvalue weighted by molar-refractivity contribution is 6.04. The van der Waals surface area contributed by atoms with Crippen LogP contribution < -0.4 is 4.90 Å². The van der Waals surface area contributed by atoms with Gasteiger partial charge in [0.2, 0.25) is 5.82 Å². The first-order chi connectivity index (χ1) is 17.5. The van der Waals surface area contributed by atoms with Crippen molar-refractivity contribution in [3.63, 3.8) is 0 Å². The minimum Gasteiger partial charge on any atom is -0.319 e. The summed E-state index contributed by atoms with van der Waals surface area (Å²) < 4.78 is 2.08. The van der Waals surface area contributed by atoms with E-state index in [2.05, 4.69) is 49.7 Å². The summed E-state index contributed by atoms with van der Waals surface area (Å²) in [5, 5.41) is 0. The number of carbonyl (C=O) groups excluding carboxylic acids is 1. The fourth-order valence-electron chi connectivity index (χ4n) is 4.97. The van der Waals surface area contributed by atoms with Crippen molar-refractivity contribution < 1.29 is 4.79 Å². The second kappa shape index (κ2) is 10.6. The summed E-state index contributed by atoms with van der Waals surface area (Å²) in [5.74, 6) is 0.962. The van der Waals surface area contributed by atoms with Gasteiger partial charge in [0.05, 0.1) is 11.0 Å². The SMILES string of the molecule is Cc1cc(C)nc(N(C)C(=O)c2nc3ccccc3n2CCN2CCN(Cc3ccccc3)CC2)c1. The molecule has 0 unspecified atom stereocenters. The average molecular weight is 483 g/mol. The molecule has 0 atom stereocenters. The zero-order valence-corrected chi connectivity index (χ0v) is 21.4. The predicted octanol–water partition coefficient (Wildman–Crippen LogP) is 4.14. The number of imidazole rings is 1. The van der Waals surface area contributed by atoms with Crippen molar-refractivity contribution in [1.82, 2.24) is 24.3 Å². The van der Waals surface area contributed by atoms with E-state index in [1.807, 2.05) is 50.2 Å². The maximum absolute atomic E-state index is 13.6. The van der Waals surface area contributed by atoms with Crippen LogP contribution in [0.4, 0.5) is 5.82 Å². The number of anilines is 1. The summed E-state index contributed by atoms with van der Waals surface area (Å²) in [6.45, 7) is 10.7. The van der Waals surface area contributed by atoms with E-state index in [1.165, 1.54) is 5.56 Å². The Morgan fingerprint density at radius 3 is 2.31 bits per heavy atom. The highest BCUT2D eigenvalue weighted by Crippen LogP contribution is 2.21. The Hall–Kier alpha value is -3.55. The molecule has 5 rings (SSSR count). The predicted molar refractivity (Wildman–Crippen MR) is 144 cm³/mol. The van der Waals surface area contributed by atoms with Crippen LogP contribution in [0.2, 0.25) is 0 Å². The fraction of sp³-hybridized carbons (Fsp3) is 0.345. The number of amides is 1. The van der Waals surface area contributed by atoms with Gasteiger partial charge in [-0.05, 0) is 49.2 Å². The average Bonchev–Trinajstić information content (AvgIpc) is 3.26. The van der Waals surface area contributed by atoms with Crippen molar-refractivity contribution >= 4 is 22.8 Å². The molecule has 1 amide bonds. The third kappa shape index (κ3) is 5.32. The third-order valence-corrected chi connectivity index (χ3v) is 6.93. The Balaban J connectivity index is 1.29. The van der Waals surface area contributed by atoms with E-state index in [0.717, 1.165) is 61.6 Å². The van der Waals surface area contributed by atoms with Crippen molar-refractivity contribution in [3.05, 3.63) is 89.4 Å². The molecule has 1 aliphatic rings. The molecule has 0 spiro atoms. The van der Waals surface area contributed by atoms with E-state index in [-0.39, 0.29) is 5.91 Å². The molecule has 186 valence electrons. The molecule has 3 heterocycles. The molecule has 7 nitrogen and oxygen atoms in total. The molecule has 0 radical (unpaired) electrons. The number of hydrogen-bond acceptors (Lipinski definition) is 5. The normalized spacial score (nSPS) is 14.9. The van der Waals surface area contributed by atoms with Gasteiger partial charge in [0.25, 0.3) is 5.91 Å². The first-order valence-electron chi connectivity index (χ1n) is 12.7. The number of aryl methyl sites for hydroxylation is 2. The standard InChI is InChI=1S/C29H34N6O/c1-22-19-23(2)30-27(20-22)32(3)29(36)28-31-25-11-7-8-12-26(25)35(28)18-17-33-13-15-34(16-14-33)21-24-9-5-4-6-10-24/h4-12,19-20H,13-18,21H2,1-3H3. The monoisotopic (exact) mass is 482 g/mol. The molecular formula is C29H34N6O. The number of hydrogen-bond donors (Lipinski definition) is 0. The van der Waals surface area contributed by atoms with Crippen LogP contribution in [0.5, 0.6) is 0 Å². The smallest absolute Gasteiger partial charge is 0.295 e. The van der Waals surface area contributed by atoms with E-state index < -0.39 is 0 Å². The van der Waals surface area contributed by atoms with Crippen molar-refractivity contribution in [1.29, 1.82) is 0 Å². The minimum absolute atomic E-state index is 0.142. The van der Waals surface area contributed by atoms with E-state index >= 15 is 0 Å². The molecule has 7 heteroatoms. The number of aromatic nitrogens is 3. The van der Waals surface area contributed by atoms with Gasteiger partial charge in [-0.2, -0.15) is 0 Å². The van der Waals surface area contributed by atoms with Crippen LogP contribution in [0, 0.1) is 13.8 Å². The molecule has 36 heavy (non-hydrogen) atoms. The Labute approximate surface area is 213 Å². The Bertz CT molecular complexity index is 1320. The number of nitrogens with zero attached hydrogens (tertiary/aromatic N) is 6. The first-order valence-corrected chi connectivity index (χ1v) is 12.7. The van der Waals surface area contributed by atoms with Gasteiger partial charge >= 0.3 is 0 Å². The van der Waals surface area contributed by atoms with Crippen molar-refractivity contribution in [2.45, 2.75) is 26.9 Å². The summed E-state index contributed by atoms with van der Waals surface area (Å²) in [4.78, 5) is 29.5. The summed E-state index contributed by atoms with van der Waals surface area (Å²) in [6, 6.07) is 22.6. The summed E-state index contributed by atoms with van der Waals surface area (Å²) >= 11 is 0. The second-order valence-corrected chi connectivity index (χ2v) is 9.69. The zero-order chi connectivity index (χ0) is 25.1. The molecule has 1 fully saturated rings. The lowest BCUT2D eigenvalue weighted by Gasteiger charge is -2.34. The van der Waals surface area contributed by atoms with Gasteiger partial charge < -0.3 is 4.57 Å². The quantitative estimate of drug-likeness (QED) is 0.396. The summed E-state index contributed by atoms with van der Waals surface area (Å²) in [5.41, 5.74) is 5.17. The minimum atomic E-state index is -0.142. The number of para-hydroxylation sites is 2. The zero-order valence-electron chi connectivity index (χ0n) is 21.4. The van der Waals surface area contributed by atoms with Crippen LogP contribution in [0.1, 0.15) is 27.4 Å². The van der Waals surface area contributed by atoms with Gasteiger partial charge in [-0.25, -0.2) is 9.97 Å². The Morgan fingerprint density at radius 2 is 1.56 bits per heavy atom. The van der Waals surface area contributed by atoms with Gasteiger partial charge in [-0.3, -0.25) is 19.5 Å². The van der Waals surface area contributed by atoms with Gasteiger partial charge in [0.15, 0.2) is 0 Å². The highest BCUT2D eigenvalue weighted by Gasteiger charge is 2.24. The van der Waals surface area contributed by atoms with Gasteiger partial charge in [0, 0.05) is 58.6 Å². The molecule has 2 aromatic carbocycles. The maximum Gasteiger partial charge on any atom is 0.295 e. The van der Waals surface area contributed by atoms with Gasteiger partial charge in [0.1, 0.15) is 5.82 Å². The van der Waals surface area contributed by atoms with Crippen LogP contribution >= 0.6 is 0 Å². The molecule has 0 N–H and O–H groups in total. The van der Waals surface area contributed by atoms with Crippen LogP contribution in [0.3, 0.4) is 0 Å². The topological polar surface area (TPSA) is 57.5 Å². The molecule has 1 saturated heterocycles. The van der Waals surface area contributed by atoms with Crippen molar-refractivity contribution in [3.8, 4) is 0 Å². The molecular weight excluding hydrogens is 448 g/mol. The largest absolute Gasteiger partial charge is 0.319 e. The number of piperazine rings is 1. The molecule has 0 saturated carbocycles. The van der Waals surface area contributed by atoms with E-state index in [0.29, 0.717) is 18.2 Å². The lowest BCUT2D eigenvalue weighted by Crippen LogP contribution is -2.46. The lowest BCUT2D eigenvalue weighted by molar-refractivity contribution is 0.0974. The van der Waals surface area contributed by atoms with Crippen LogP contribution in [-0.2, 0) is 13.1 Å². The number of pyridine rings is 1. The van der Waals surface area contributed by atoms with E-state index in [1.54, 1.807) is 11.9 Å². The fourth-order valence-corrected chi connectivity index (χ4v) is 4.97. The van der Waals surface area contributed by atoms with Crippen molar-refractivity contribution in [2.24, 2.45) is 0 Å². The third-order valence-electron chi connectivity index (χ3n) is 6.93. The Kier molecular flexibility index (Phi) is 7.11. The van der Waals surface area contributed by atoms with E-state index in [4.69, 9.17) is 4.98 Å². The van der Waals surface area contributed by atoms with Crippen molar-refractivity contribution in [2.75, 3.05) is 44.7 Å². The molecule has 2 aromatic heterocycles. The van der Waals surface area contributed by atoms with Gasteiger partial charge in [-0.1, -0.05) is 42.5 Å². The summed E-state index contributed by atoms with van der Waals surface area (Å²) in [7, 11) is 1.78. The maximum atomic E-state index is 13.6. The first kappa shape index (κ1) is 24.2. The van der Waals surface area contributed by atoms with Crippen LogP contribution in [0.25, 0.3) is 11.0 Å². The number of rotatable bonds is 7. The molecule has 0 bridgehead atoms. The second-order valence-electron chi connectivity index (χ2n) is 9.69. The van der Waals surface area contributed by atoms with Crippen LogP contribution in [-0.4, -0.2) is 70.0 Å². The molecule has 0 aliphatic carbocycles. The lowest BCUT2D eigenvalue weighted by atomic mass is 10.2. The Morgan fingerprint density at radius 1 is 0.861 bits per heavy atom. The molecule has 1 aliphatic heterocycles. The number of benzene rings is 2. The molecule has 4 aromatic rings. The number of fused-ring (bicyclic) bond motifs is 1. The van der Waals surface area contributed by atoms with E-state index in [9.17, 15) is 4.79 Å².